The summed E-state index contributed by atoms with van der Waals surface area (Å²) in [5, 5.41) is 5.26. The molecule has 1 aromatic heterocycles. The predicted octanol–water partition coefficient (Wildman–Crippen LogP) is 1.47. The molecule has 1 aliphatic heterocycles. The molecule has 0 bridgehead atoms. The number of amides is 2. The van der Waals surface area contributed by atoms with Gasteiger partial charge in [-0.25, -0.2) is 0 Å². The summed E-state index contributed by atoms with van der Waals surface area (Å²) in [6.07, 6.45) is 0.145. The van der Waals surface area contributed by atoms with Gasteiger partial charge in [0.1, 0.15) is 11.3 Å². The monoisotopic (exact) mass is 335 g/mol. The highest BCUT2D eigenvalue weighted by atomic mass is 35.5. The average Bonchev–Trinajstić information content (AvgIpc) is 3.02. The number of nitrogens with zero attached hydrogens (tertiary/aromatic N) is 1. The van der Waals surface area contributed by atoms with E-state index >= 15 is 0 Å². The van der Waals surface area contributed by atoms with Crippen molar-refractivity contribution in [2.75, 3.05) is 11.4 Å². The largest absolute Gasteiger partial charge is 0.383 e. The molecule has 0 aliphatic carbocycles. The van der Waals surface area contributed by atoms with E-state index < -0.39 is 17.5 Å². The number of carbonyl (C=O) groups excluding carboxylic acids is 2. The molecule has 1 saturated heterocycles. The number of hydrogen-bond acceptors (Lipinski definition) is 4. The number of aromatic amines is 1. The van der Waals surface area contributed by atoms with Crippen LogP contribution >= 0.6 is 11.6 Å². The third-order valence-electron chi connectivity index (χ3n) is 3.71. The van der Waals surface area contributed by atoms with E-state index in [1.54, 1.807) is 24.3 Å². The summed E-state index contributed by atoms with van der Waals surface area (Å²) in [5.74, 6) is -0.489. The van der Waals surface area contributed by atoms with Crippen LogP contribution in [-0.4, -0.2) is 29.6 Å². The number of benzene rings is 1. The molecule has 1 atom stereocenters. The van der Waals surface area contributed by atoms with Crippen LogP contribution in [0.3, 0.4) is 0 Å². The first kappa shape index (κ1) is 15.4. The van der Waals surface area contributed by atoms with Crippen molar-refractivity contribution >= 4 is 29.1 Å². The minimum atomic E-state index is -0.590. The zero-order valence-corrected chi connectivity index (χ0v) is 13.0. The van der Waals surface area contributed by atoms with Gasteiger partial charge in [-0.3, -0.25) is 14.4 Å². The normalized spacial score (nSPS) is 17.6. The molecule has 1 fully saturated rings. The zero-order valence-electron chi connectivity index (χ0n) is 12.3. The SMILES string of the molecule is Cc1o[nH]c(=O)c1C(=O)NC1CC(=O)N(c2ccccc2Cl)C1. The fourth-order valence-electron chi connectivity index (χ4n) is 2.61. The van der Waals surface area contributed by atoms with E-state index in [-0.39, 0.29) is 23.7 Å². The highest BCUT2D eigenvalue weighted by molar-refractivity contribution is 6.33. The van der Waals surface area contributed by atoms with E-state index in [2.05, 4.69) is 10.5 Å². The summed E-state index contributed by atoms with van der Waals surface area (Å²) in [6.45, 7) is 1.81. The second kappa shape index (κ2) is 5.92. The van der Waals surface area contributed by atoms with Crippen molar-refractivity contribution in [2.45, 2.75) is 19.4 Å². The Labute approximate surface area is 136 Å². The number of aromatic nitrogens is 1. The van der Waals surface area contributed by atoms with Gasteiger partial charge in [-0.05, 0) is 19.1 Å². The van der Waals surface area contributed by atoms with Gasteiger partial charge in [-0.1, -0.05) is 23.7 Å². The van der Waals surface area contributed by atoms with Gasteiger partial charge < -0.3 is 14.7 Å². The Balaban J connectivity index is 1.75. The van der Waals surface area contributed by atoms with Crippen LogP contribution in [0.2, 0.25) is 5.02 Å². The number of halogens is 1. The summed E-state index contributed by atoms with van der Waals surface area (Å²) < 4.78 is 4.82. The fraction of sp³-hybridized carbons (Fsp3) is 0.267. The predicted molar refractivity (Wildman–Crippen MR) is 83.7 cm³/mol. The van der Waals surface area contributed by atoms with Crippen molar-refractivity contribution in [1.82, 2.24) is 10.5 Å². The number of rotatable bonds is 3. The molecule has 23 heavy (non-hydrogen) atoms. The van der Waals surface area contributed by atoms with E-state index in [0.717, 1.165) is 0 Å². The number of nitrogens with one attached hydrogen (secondary N) is 2. The van der Waals surface area contributed by atoms with E-state index in [1.807, 2.05) is 0 Å². The first-order chi connectivity index (χ1) is 11.0. The summed E-state index contributed by atoms with van der Waals surface area (Å²) >= 11 is 6.11. The first-order valence-corrected chi connectivity index (χ1v) is 7.39. The lowest BCUT2D eigenvalue weighted by Crippen LogP contribution is -2.39. The summed E-state index contributed by atoms with van der Waals surface area (Å²) in [5.41, 5.74) is -0.0609. The van der Waals surface area contributed by atoms with Gasteiger partial charge in [0.2, 0.25) is 5.91 Å². The standard InChI is InChI=1S/C15H14ClN3O4/c1-8-13(15(22)18-23-8)14(21)17-9-6-12(20)19(7-9)11-5-3-2-4-10(11)16/h2-5,9H,6-7H2,1H3,(H,17,21)(H,18,22). The van der Waals surface area contributed by atoms with E-state index in [0.29, 0.717) is 17.3 Å². The Bertz CT molecular complexity index is 826. The van der Waals surface area contributed by atoms with E-state index in [1.165, 1.54) is 11.8 Å². The molecular weight excluding hydrogens is 322 g/mol. The minimum Gasteiger partial charge on any atom is -0.383 e. The van der Waals surface area contributed by atoms with Gasteiger partial charge in [-0.2, -0.15) is 5.16 Å². The van der Waals surface area contributed by atoms with Crippen molar-refractivity contribution in [3.05, 3.63) is 51.0 Å². The fourth-order valence-corrected chi connectivity index (χ4v) is 2.85. The van der Waals surface area contributed by atoms with Crippen LogP contribution in [0.5, 0.6) is 0 Å². The maximum absolute atomic E-state index is 12.2. The number of H-pyrrole nitrogens is 1. The number of anilines is 1. The van der Waals surface area contributed by atoms with Crippen molar-refractivity contribution < 1.29 is 14.1 Å². The van der Waals surface area contributed by atoms with E-state index in [9.17, 15) is 14.4 Å². The number of para-hydroxylation sites is 1. The van der Waals surface area contributed by atoms with Crippen molar-refractivity contribution in [3.8, 4) is 0 Å². The van der Waals surface area contributed by atoms with Crippen molar-refractivity contribution in [2.24, 2.45) is 0 Å². The van der Waals surface area contributed by atoms with Gasteiger partial charge in [0.15, 0.2) is 0 Å². The van der Waals surface area contributed by atoms with Gasteiger partial charge in [-0.15, -0.1) is 0 Å². The topological polar surface area (TPSA) is 95.4 Å². The maximum Gasteiger partial charge on any atom is 0.293 e. The molecule has 0 radical (unpaired) electrons. The third kappa shape index (κ3) is 2.87. The molecule has 2 amide bonds. The van der Waals surface area contributed by atoms with Crippen LogP contribution in [0.15, 0.2) is 33.6 Å². The third-order valence-corrected chi connectivity index (χ3v) is 4.03. The van der Waals surface area contributed by atoms with Crippen LogP contribution in [0.1, 0.15) is 22.5 Å². The van der Waals surface area contributed by atoms with Gasteiger partial charge in [0, 0.05) is 13.0 Å². The highest BCUT2D eigenvalue weighted by Crippen LogP contribution is 2.29. The maximum atomic E-state index is 12.2. The Morgan fingerprint density at radius 2 is 2.13 bits per heavy atom. The molecule has 2 heterocycles. The number of hydrogen-bond donors (Lipinski definition) is 2. The smallest absolute Gasteiger partial charge is 0.293 e. The molecule has 7 nitrogen and oxygen atoms in total. The van der Waals surface area contributed by atoms with Crippen molar-refractivity contribution in [3.63, 3.8) is 0 Å². The van der Waals surface area contributed by atoms with Crippen LogP contribution in [-0.2, 0) is 4.79 Å². The second-order valence-corrected chi connectivity index (χ2v) is 5.70. The van der Waals surface area contributed by atoms with Gasteiger partial charge in [0.05, 0.1) is 16.8 Å². The minimum absolute atomic E-state index is 0.0753. The Morgan fingerprint density at radius 3 is 2.78 bits per heavy atom. The van der Waals surface area contributed by atoms with Gasteiger partial charge in [0.25, 0.3) is 11.5 Å². The molecule has 8 heteroatoms. The van der Waals surface area contributed by atoms with Gasteiger partial charge >= 0.3 is 0 Å². The molecule has 1 unspecified atom stereocenters. The lowest BCUT2D eigenvalue weighted by Gasteiger charge is -2.18. The molecule has 2 N–H and O–H groups in total. The molecule has 0 spiro atoms. The molecule has 2 aromatic rings. The van der Waals surface area contributed by atoms with Crippen LogP contribution in [0, 0.1) is 6.92 Å². The Kier molecular flexibility index (Phi) is 3.96. The zero-order chi connectivity index (χ0) is 16.6. The quantitative estimate of drug-likeness (QED) is 0.887. The van der Waals surface area contributed by atoms with Crippen LogP contribution in [0.25, 0.3) is 0 Å². The molecule has 3 rings (SSSR count). The molecular formula is C15H14ClN3O4. The van der Waals surface area contributed by atoms with Crippen LogP contribution < -0.4 is 15.8 Å². The summed E-state index contributed by atoms with van der Waals surface area (Å²) in [6, 6.07) is 6.61. The number of carbonyl (C=O) groups is 2. The lowest BCUT2D eigenvalue weighted by atomic mass is 10.2. The van der Waals surface area contributed by atoms with Crippen LogP contribution in [0.4, 0.5) is 5.69 Å². The first-order valence-electron chi connectivity index (χ1n) is 7.01. The molecule has 1 aromatic carbocycles. The highest BCUT2D eigenvalue weighted by Gasteiger charge is 2.33. The average molecular weight is 336 g/mol. The Hall–Kier alpha value is -2.54. The van der Waals surface area contributed by atoms with E-state index in [4.69, 9.17) is 16.1 Å². The Morgan fingerprint density at radius 1 is 1.39 bits per heavy atom. The molecule has 1 aliphatic rings. The lowest BCUT2D eigenvalue weighted by molar-refractivity contribution is -0.117. The molecule has 120 valence electrons. The molecule has 0 saturated carbocycles. The van der Waals surface area contributed by atoms with Crippen molar-refractivity contribution in [1.29, 1.82) is 0 Å². The summed E-state index contributed by atoms with van der Waals surface area (Å²) in [7, 11) is 0. The number of aryl methyl sites for hydroxylation is 1. The summed E-state index contributed by atoms with van der Waals surface area (Å²) in [4.78, 5) is 37.4. The second-order valence-electron chi connectivity index (χ2n) is 5.29.